The highest BCUT2D eigenvalue weighted by Gasteiger charge is 2.27. The fourth-order valence-electron chi connectivity index (χ4n) is 0.623. The van der Waals surface area contributed by atoms with Crippen molar-refractivity contribution in [2.45, 2.75) is 24.9 Å². The van der Waals surface area contributed by atoms with E-state index >= 15 is 0 Å². The standard InChI is InChI=1S/C6H11FN2OP2/c1-3(2)4-8-9-5(10-4)6(7,11)12/h3H,11-12H2,1-2H3. The maximum absolute atomic E-state index is 13.1. The molecule has 6 heteroatoms. The molecule has 1 aromatic heterocycles. The van der Waals surface area contributed by atoms with Crippen LogP contribution in [0.25, 0.3) is 0 Å². The summed E-state index contributed by atoms with van der Waals surface area (Å²) in [6, 6.07) is 0. The summed E-state index contributed by atoms with van der Waals surface area (Å²) in [5, 5.41) is 5.57. The Morgan fingerprint density at radius 2 is 2.00 bits per heavy atom. The average Bonchev–Trinajstić information content (AvgIpc) is 2.30. The highest BCUT2D eigenvalue weighted by molar-refractivity contribution is 7.38. The largest absolute Gasteiger partial charge is 0.421 e. The molecular formula is C6H11FN2OP2. The Morgan fingerprint density at radius 1 is 1.42 bits per heavy atom. The van der Waals surface area contributed by atoms with Crippen LogP contribution < -0.4 is 0 Å². The topological polar surface area (TPSA) is 38.9 Å². The van der Waals surface area contributed by atoms with Crippen LogP contribution in [-0.2, 0) is 5.15 Å². The van der Waals surface area contributed by atoms with Crippen molar-refractivity contribution in [3.05, 3.63) is 11.8 Å². The number of halogens is 1. The van der Waals surface area contributed by atoms with Crippen LogP contribution in [0.1, 0.15) is 31.5 Å². The Kier molecular flexibility index (Phi) is 2.80. The van der Waals surface area contributed by atoms with Gasteiger partial charge < -0.3 is 4.42 Å². The molecule has 0 saturated carbocycles. The van der Waals surface area contributed by atoms with Gasteiger partial charge in [-0.15, -0.1) is 10.2 Å². The van der Waals surface area contributed by atoms with E-state index in [9.17, 15) is 4.39 Å². The minimum atomic E-state index is -1.71. The first-order valence-electron chi connectivity index (χ1n) is 3.52. The molecule has 0 amide bonds. The molecule has 0 radical (unpaired) electrons. The van der Waals surface area contributed by atoms with E-state index in [1.165, 1.54) is 0 Å². The Bertz CT molecular complexity index is 269. The maximum atomic E-state index is 13.1. The van der Waals surface area contributed by atoms with Crippen LogP contribution in [0, 0.1) is 0 Å². The van der Waals surface area contributed by atoms with Crippen molar-refractivity contribution in [2.24, 2.45) is 0 Å². The highest BCUT2D eigenvalue weighted by Crippen LogP contribution is 2.39. The van der Waals surface area contributed by atoms with Gasteiger partial charge in [0.2, 0.25) is 11.0 Å². The predicted molar refractivity (Wildman–Crippen MR) is 50.6 cm³/mol. The molecule has 0 aliphatic heterocycles. The first-order valence-corrected chi connectivity index (χ1v) is 4.67. The van der Waals surface area contributed by atoms with Gasteiger partial charge in [0.05, 0.1) is 0 Å². The van der Waals surface area contributed by atoms with Gasteiger partial charge in [-0.2, -0.15) is 0 Å². The van der Waals surface area contributed by atoms with E-state index in [1.54, 1.807) is 0 Å². The molecule has 2 atom stereocenters. The second-order valence-electron chi connectivity index (χ2n) is 2.87. The van der Waals surface area contributed by atoms with Crippen LogP contribution >= 0.6 is 18.5 Å². The lowest BCUT2D eigenvalue weighted by Crippen LogP contribution is -1.99. The molecule has 1 heterocycles. The molecule has 1 rings (SSSR count). The van der Waals surface area contributed by atoms with Crippen LogP contribution in [-0.4, -0.2) is 10.2 Å². The van der Waals surface area contributed by atoms with E-state index in [2.05, 4.69) is 10.2 Å². The number of rotatable bonds is 2. The minimum absolute atomic E-state index is 0.0267. The predicted octanol–water partition coefficient (Wildman–Crippen LogP) is 2.02. The summed E-state index contributed by atoms with van der Waals surface area (Å²) in [7, 11) is 3.95. The number of hydrogen-bond acceptors (Lipinski definition) is 3. The Balaban J connectivity index is 2.92. The molecule has 0 N–H and O–H groups in total. The van der Waals surface area contributed by atoms with Gasteiger partial charge >= 0.3 is 0 Å². The summed E-state index contributed by atoms with van der Waals surface area (Å²) in [4.78, 5) is 0. The molecule has 0 aliphatic rings. The van der Waals surface area contributed by atoms with E-state index in [1.807, 2.05) is 32.3 Å². The average molecular weight is 208 g/mol. The zero-order chi connectivity index (χ0) is 9.35. The lowest BCUT2D eigenvalue weighted by atomic mass is 10.2. The molecule has 0 aliphatic carbocycles. The van der Waals surface area contributed by atoms with Crippen molar-refractivity contribution >= 4 is 18.5 Å². The van der Waals surface area contributed by atoms with Gasteiger partial charge in [0.25, 0.3) is 5.89 Å². The van der Waals surface area contributed by atoms with Gasteiger partial charge in [0.1, 0.15) is 0 Å². The SMILES string of the molecule is CC(C)c1nnc(C(F)(P)P)o1. The Morgan fingerprint density at radius 3 is 2.25 bits per heavy atom. The van der Waals surface area contributed by atoms with Crippen LogP contribution in [0.3, 0.4) is 0 Å². The smallest absolute Gasteiger partial charge is 0.261 e. The molecule has 3 nitrogen and oxygen atoms in total. The molecule has 2 unspecified atom stereocenters. The summed E-state index contributed by atoms with van der Waals surface area (Å²) >= 11 is 0. The molecule has 0 aromatic carbocycles. The van der Waals surface area contributed by atoms with Crippen molar-refractivity contribution in [2.75, 3.05) is 0 Å². The van der Waals surface area contributed by atoms with Crippen LogP contribution in [0.5, 0.6) is 0 Å². The number of nitrogens with zero attached hydrogens (tertiary/aromatic N) is 2. The van der Waals surface area contributed by atoms with Crippen LogP contribution in [0.4, 0.5) is 4.39 Å². The summed E-state index contributed by atoms with van der Waals surface area (Å²) < 4.78 is 18.2. The van der Waals surface area contributed by atoms with Gasteiger partial charge in [0.15, 0.2) is 0 Å². The molecule has 12 heavy (non-hydrogen) atoms. The Hall–Kier alpha value is -0.0700. The molecule has 0 saturated heterocycles. The lowest BCUT2D eigenvalue weighted by Gasteiger charge is -2.06. The fraction of sp³-hybridized carbons (Fsp3) is 0.667. The van der Waals surface area contributed by atoms with Gasteiger partial charge in [-0.3, -0.25) is 0 Å². The third kappa shape index (κ3) is 2.21. The zero-order valence-electron chi connectivity index (χ0n) is 6.91. The summed E-state index contributed by atoms with van der Waals surface area (Å²) in [6.07, 6.45) is 0. The minimum Gasteiger partial charge on any atom is -0.421 e. The van der Waals surface area contributed by atoms with Crippen molar-refractivity contribution in [3.8, 4) is 0 Å². The van der Waals surface area contributed by atoms with E-state index < -0.39 is 5.15 Å². The van der Waals surface area contributed by atoms with Crippen molar-refractivity contribution in [3.63, 3.8) is 0 Å². The summed E-state index contributed by atoms with van der Waals surface area (Å²) in [6.45, 7) is 3.81. The van der Waals surface area contributed by atoms with Gasteiger partial charge in [-0.1, -0.05) is 32.3 Å². The van der Waals surface area contributed by atoms with Crippen molar-refractivity contribution in [1.82, 2.24) is 10.2 Å². The highest BCUT2D eigenvalue weighted by atomic mass is 31.1. The van der Waals surface area contributed by atoms with E-state index in [0.717, 1.165) is 0 Å². The first-order chi connectivity index (χ1) is 5.41. The molecule has 1 aromatic rings. The lowest BCUT2D eigenvalue weighted by molar-refractivity contribution is 0.320. The van der Waals surface area contributed by atoms with Crippen LogP contribution in [0.15, 0.2) is 4.42 Å². The monoisotopic (exact) mass is 208 g/mol. The normalized spacial score (nSPS) is 12.5. The first kappa shape index (κ1) is 10.0. The summed E-state index contributed by atoms with van der Waals surface area (Å²) in [5.41, 5.74) is 0. The van der Waals surface area contributed by atoms with Crippen LogP contribution in [0.2, 0.25) is 0 Å². The van der Waals surface area contributed by atoms with Crippen molar-refractivity contribution < 1.29 is 8.81 Å². The van der Waals surface area contributed by atoms with Crippen molar-refractivity contribution in [1.29, 1.82) is 0 Å². The molecule has 68 valence electrons. The number of aromatic nitrogens is 2. The molecule has 0 spiro atoms. The van der Waals surface area contributed by atoms with E-state index in [0.29, 0.717) is 5.89 Å². The number of hydrogen-bond donors (Lipinski definition) is 0. The molecule has 0 fully saturated rings. The van der Waals surface area contributed by atoms with Gasteiger partial charge in [-0.25, -0.2) is 4.39 Å². The fourth-order valence-corrected chi connectivity index (χ4v) is 0.856. The second-order valence-corrected chi connectivity index (χ2v) is 5.22. The quantitative estimate of drug-likeness (QED) is 0.698. The van der Waals surface area contributed by atoms with E-state index in [-0.39, 0.29) is 11.8 Å². The van der Waals surface area contributed by atoms with E-state index in [4.69, 9.17) is 4.42 Å². The number of alkyl halides is 1. The molecular weight excluding hydrogens is 197 g/mol. The van der Waals surface area contributed by atoms with Gasteiger partial charge in [0, 0.05) is 5.92 Å². The van der Waals surface area contributed by atoms with Gasteiger partial charge in [-0.05, 0) is 0 Å². The third-order valence-corrected chi connectivity index (χ3v) is 1.76. The third-order valence-electron chi connectivity index (χ3n) is 1.26. The second kappa shape index (κ2) is 3.35. The maximum Gasteiger partial charge on any atom is 0.261 e. The zero-order valence-corrected chi connectivity index (χ0v) is 9.22. The Labute approximate surface area is 74.9 Å². The summed E-state index contributed by atoms with van der Waals surface area (Å²) in [5.74, 6) is 0.557. The molecule has 0 bridgehead atoms.